The zero-order chi connectivity index (χ0) is 12.3. The molecule has 14 heavy (non-hydrogen) atoms. The number of carbonyl (C=O) groups is 1. The van der Waals surface area contributed by atoms with Crippen molar-refractivity contribution < 1.29 is 34.5 Å². The van der Waals surface area contributed by atoms with E-state index < -0.39 is 7.81 Å². The van der Waals surface area contributed by atoms with Gasteiger partial charge in [-0.15, -0.1) is 0 Å². The number of rotatable bonds is 2. The van der Waals surface area contributed by atoms with Crippen molar-refractivity contribution in [1.82, 2.24) is 0 Å². The Morgan fingerprint density at radius 3 is 1.21 bits per heavy atom. The van der Waals surface area contributed by atoms with Crippen LogP contribution in [0.5, 0.6) is 0 Å². The topological polar surface area (TPSA) is 17.1 Å². The van der Waals surface area contributed by atoms with Crippen LogP contribution >= 0.6 is 7.81 Å². The summed E-state index contributed by atoms with van der Waals surface area (Å²) >= 11 is 0. The summed E-state index contributed by atoms with van der Waals surface area (Å²) in [5, 5.41) is 0. The number of nitrogens with zero attached hydrogens (tertiary/aromatic N) is 1. The number of hydrogen-bond acceptors (Lipinski definition) is 1. The molecule has 0 atom stereocenters. The molecule has 0 aliphatic heterocycles. The molecule has 0 aliphatic carbocycles. The maximum absolute atomic E-state index is 10.7. The number of halogens is 6. The third-order valence-corrected chi connectivity index (χ3v) is 0.622. The van der Waals surface area contributed by atoms with Gasteiger partial charge < -0.3 is 4.48 Å². The molecule has 90 valence electrons. The van der Waals surface area contributed by atoms with Crippen LogP contribution in [-0.4, -0.2) is 38.5 Å². The molecule has 0 aromatic carbocycles. The van der Waals surface area contributed by atoms with Crippen molar-refractivity contribution in [2.24, 2.45) is 0 Å². The molecule has 0 bridgehead atoms. The zero-order valence-electron chi connectivity index (χ0n) is 7.85. The number of likely N-dealkylation sites (N-methyl/N-ethyl adjacent to an activating group) is 1. The molecule has 0 aromatic rings. The molecule has 0 unspecified atom stereocenters. The van der Waals surface area contributed by atoms with Gasteiger partial charge in [0.2, 0.25) is 0 Å². The fourth-order valence-corrected chi connectivity index (χ4v) is 0.224. The van der Waals surface area contributed by atoms with Gasteiger partial charge in [0.05, 0.1) is 21.1 Å². The Bertz CT molecular complexity index is 188. The average Bonchev–Trinajstić information content (AvgIpc) is 1.48. The van der Waals surface area contributed by atoms with E-state index in [0.717, 1.165) is 10.8 Å². The van der Waals surface area contributed by atoms with Crippen LogP contribution in [0.2, 0.25) is 0 Å². The summed E-state index contributed by atoms with van der Waals surface area (Å²) in [6.45, 7) is 0.597. The van der Waals surface area contributed by atoms with Crippen LogP contribution in [-0.2, 0) is 4.79 Å². The van der Waals surface area contributed by atoms with Crippen molar-refractivity contribution in [1.29, 1.82) is 0 Å². The summed E-state index contributed by atoms with van der Waals surface area (Å²) in [5.74, 6) is 0. The Labute approximate surface area is 77.3 Å². The van der Waals surface area contributed by atoms with Gasteiger partial charge in [-0.3, -0.25) is 4.79 Å². The van der Waals surface area contributed by atoms with Crippen LogP contribution in [0.25, 0.3) is 0 Å². The predicted octanol–water partition coefficient (Wildman–Crippen LogP) is 3.27. The summed E-state index contributed by atoms with van der Waals surface area (Å²) in [7, 11) is -4.72. The van der Waals surface area contributed by atoms with Gasteiger partial charge in [0.25, 0.3) is 0 Å². The molecule has 0 fully saturated rings. The third kappa shape index (κ3) is 99.5. The second kappa shape index (κ2) is 3.34. The van der Waals surface area contributed by atoms with E-state index in [9.17, 15) is 30.0 Å². The second-order valence-electron chi connectivity index (χ2n) is 3.60. The van der Waals surface area contributed by atoms with Crippen molar-refractivity contribution in [3.63, 3.8) is 0 Å². The summed E-state index contributed by atoms with van der Waals surface area (Å²) in [4.78, 5) is 9.80. The standard InChI is InChI=1S/C5H12NO.F6P/c1-6(2,3)4-5-7;1-7(2,3,4,5)6/h5H,4H2,1-3H3;/q+1;-1. The molecule has 0 amide bonds. The van der Waals surface area contributed by atoms with Crippen LogP contribution in [0.3, 0.4) is 0 Å². The van der Waals surface area contributed by atoms with Crippen molar-refractivity contribution in [2.75, 3.05) is 27.7 Å². The summed E-state index contributed by atoms with van der Waals surface area (Å²) in [5.41, 5.74) is 0. The van der Waals surface area contributed by atoms with Gasteiger partial charge in [-0.25, -0.2) is 0 Å². The molecule has 2 nitrogen and oxygen atoms in total. The third-order valence-electron chi connectivity index (χ3n) is 0.622. The normalized spacial score (nSPS) is 17.2. The van der Waals surface area contributed by atoms with Gasteiger partial charge in [0, 0.05) is 0 Å². The van der Waals surface area contributed by atoms with Gasteiger partial charge in [-0.2, -0.15) is 0 Å². The maximum atomic E-state index is 9.87. The van der Waals surface area contributed by atoms with Gasteiger partial charge in [0.1, 0.15) is 6.54 Å². The summed E-state index contributed by atoms with van der Waals surface area (Å²) in [6, 6.07) is 0. The Kier molecular flexibility index (Phi) is 3.84. The van der Waals surface area contributed by atoms with Crippen molar-refractivity contribution in [2.45, 2.75) is 0 Å². The summed E-state index contributed by atoms with van der Waals surface area (Å²) in [6.07, 6.45) is 0.931. The van der Waals surface area contributed by atoms with E-state index in [-0.39, 0.29) is 0 Å². The van der Waals surface area contributed by atoms with Crippen LogP contribution in [0.15, 0.2) is 0 Å². The van der Waals surface area contributed by atoms with E-state index in [0.29, 0.717) is 6.54 Å². The van der Waals surface area contributed by atoms with Crippen molar-refractivity contribution >= 4 is 14.1 Å². The van der Waals surface area contributed by atoms with E-state index in [2.05, 4.69) is 0 Å². The molecule has 0 saturated carbocycles. The monoisotopic (exact) mass is 247 g/mol. The molecule has 0 radical (unpaired) electrons. The summed E-state index contributed by atoms with van der Waals surface area (Å²) < 4.78 is 59.9. The van der Waals surface area contributed by atoms with Crippen molar-refractivity contribution in [3.8, 4) is 0 Å². The van der Waals surface area contributed by atoms with E-state index in [1.807, 2.05) is 21.1 Å². The average molecular weight is 247 g/mol. The quantitative estimate of drug-likeness (QED) is 0.317. The molecule has 0 aromatic heterocycles. The van der Waals surface area contributed by atoms with E-state index >= 15 is 0 Å². The minimum absolute atomic E-state index is 0.597. The Balaban J connectivity index is 0. The molecule has 0 N–H and O–H groups in total. The van der Waals surface area contributed by atoms with Gasteiger partial charge in [-0.1, -0.05) is 0 Å². The zero-order valence-corrected chi connectivity index (χ0v) is 8.75. The fourth-order valence-electron chi connectivity index (χ4n) is 0.224. The number of aldehydes is 1. The first kappa shape index (κ1) is 16.1. The first-order valence-corrected chi connectivity index (χ1v) is 5.34. The van der Waals surface area contributed by atoms with Crippen LogP contribution < -0.4 is 0 Å². The van der Waals surface area contributed by atoms with Crippen molar-refractivity contribution in [3.05, 3.63) is 0 Å². The van der Waals surface area contributed by atoms with Crippen LogP contribution in [0.1, 0.15) is 0 Å². The van der Waals surface area contributed by atoms with Gasteiger partial charge in [-0.05, 0) is 0 Å². The Morgan fingerprint density at radius 1 is 1.00 bits per heavy atom. The predicted molar refractivity (Wildman–Crippen MR) is 42.5 cm³/mol. The number of carbonyl (C=O) groups excluding carboxylic acids is 1. The van der Waals surface area contributed by atoms with E-state index in [1.54, 1.807) is 0 Å². The molecule has 9 heteroatoms. The second-order valence-corrected chi connectivity index (χ2v) is 5.51. The first-order valence-electron chi connectivity index (χ1n) is 3.32. The molecular formula is C5H12F6NOP. The number of hydrogen-bond donors (Lipinski definition) is 0. The fraction of sp³-hybridized carbons (Fsp3) is 0.800. The SMILES string of the molecule is C[N+](C)(C)CC=O.F[P-](F)(F)(F)(F)F. The molecule has 0 spiro atoms. The number of quaternary nitrogens is 1. The Hall–Kier alpha value is -0.360. The Morgan fingerprint density at radius 2 is 1.21 bits per heavy atom. The van der Waals surface area contributed by atoms with Gasteiger partial charge >= 0.3 is 33.0 Å². The molecule has 0 heterocycles. The van der Waals surface area contributed by atoms with Crippen LogP contribution in [0, 0.1) is 0 Å². The van der Waals surface area contributed by atoms with Gasteiger partial charge in [0.15, 0.2) is 6.29 Å². The minimum atomic E-state index is -10.7. The molecule has 0 saturated heterocycles. The molecular weight excluding hydrogens is 235 g/mol. The van der Waals surface area contributed by atoms with E-state index in [1.165, 1.54) is 0 Å². The first-order chi connectivity index (χ1) is 5.51. The van der Waals surface area contributed by atoms with E-state index in [4.69, 9.17) is 0 Å². The molecule has 0 rings (SSSR count). The van der Waals surface area contributed by atoms with Crippen LogP contribution in [0.4, 0.5) is 25.2 Å². The molecule has 0 aliphatic rings.